The van der Waals surface area contributed by atoms with Gasteiger partial charge in [-0.25, -0.2) is 9.53 Å². The Hall–Kier alpha value is -4.08. The standard InChI is InChI=1S/C38H43NO6Si/c1-37(2,3)46(31-22-14-8-15-23-31,32-24-16-9-17-25-32)42-28-34(43-36(40)30-20-12-7-13-21-30)35-33(44-38(4,5)45-35)27-39(41)26-29-18-10-6-11-19-29/h6-25,27,33-35H,26,28H2,1-5H3/b39-27+/t33-,34+,35+/m0/s1. The molecule has 1 fully saturated rings. The lowest BCUT2D eigenvalue weighted by molar-refractivity contribution is -0.473. The molecule has 240 valence electrons. The van der Waals surface area contributed by atoms with E-state index in [1.54, 1.807) is 38.1 Å². The molecule has 0 amide bonds. The molecule has 1 heterocycles. The average molecular weight is 638 g/mol. The fourth-order valence-corrected chi connectivity index (χ4v) is 10.7. The number of benzene rings is 4. The summed E-state index contributed by atoms with van der Waals surface area (Å²) >= 11 is 0. The van der Waals surface area contributed by atoms with Crippen molar-refractivity contribution in [3.05, 3.63) is 138 Å². The van der Waals surface area contributed by atoms with Crippen LogP contribution < -0.4 is 10.4 Å². The predicted molar refractivity (Wildman–Crippen MR) is 183 cm³/mol. The number of hydrogen-bond acceptors (Lipinski definition) is 6. The highest BCUT2D eigenvalue weighted by Crippen LogP contribution is 2.38. The molecule has 3 atom stereocenters. The van der Waals surface area contributed by atoms with Crippen molar-refractivity contribution in [1.29, 1.82) is 0 Å². The van der Waals surface area contributed by atoms with E-state index in [1.807, 2.05) is 72.8 Å². The fourth-order valence-electron chi connectivity index (χ4n) is 6.14. The summed E-state index contributed by atoms with van der Waals surface area (Å²) in [5, 5.41) is 15.1. The molecule has 0 N–H and O–H groups in total. The zero-order valence-electron chi connectivity index (χ0n) is 27.2. The molecular weight excluding hydrogens is 595 g/mol. The highest BCUT2D eigenvalue weighted by atomic mass is 28.4. The summed E-state index contributed by atoms with van der Waals surface area (Å²) in [5.41, 5.74) is 1.27. The van der Waals surface area contributed by atoms with Crippen molar-refractivity contribution in [3.63, 3.8) is 0 Å². The van der Waals surface area contributed by atoms with Crippen molar-refractivity contribution in [2.75, 3.05) is 6.61 Å². The number of carbonyl (C=O) groups excluding carboxylic acids is 1. The van der Waals surface area contributed by atoms with Gasteiger partial charge in [-0.2, -0.15) is 0 Å². The van der Waals surface area contributed by atoms with Crippen LogP contribution in [-0.2, 0) is 25.2 Å². The number of hydrogen-bond donors (Lipinski definition) is 0. The highest BCUT2D eigenvalue weighted by Gasteiger charge is 2.53. The molecule has 46 heavy (non-hydrogen) atoms. The number of esters is 1. The summed E-state index contributed by atoms with van der Waals surface area (Å²) in [6, 6.07) is 38.9. The number of nitrogens with zero attached hydrogens (tertiary/aromatic N) is 1. The van der Waals surface area contributed by atoms with E-state index in [2.05, 4.69) is 45.0 Å². The quantitative estimate of drug-likeness (QED) is 0.0495. The molecule has 1 aliphatic heterocycles. The van der Waals surface area contributed by atoms with Gasteiger partial charge in [-0.3, -0.25) is 0 Å². The van der Waals surface area contributed by atoms with Crippen molar-refractivity contribution in [3.8, 4) is 0 Å². The Morgan fingerprint density at radius 1 is 0.848 bits per heavy atom. The average Bonchev–Trinajstić information content (AvgIpc) is 3.35. The van der Waals surface area contributed by atoms with Gasteiger partial charge in [0.25, 0.3) is 8.32 Å². The fraction of sp³-hybridized carbons (Fsp3) is 0.316. The van der Waals surface area contributed by atoms with E-state index in [-0.39, 0.29) is 18.2 Å². The topological polar surface area (TPSA) is 80.1 Å². The van der Waals surface area contributed by atoms with Gasteiger partial charge in [0.05, 0.1) is 12.2 Å². The summed E-state index contributed by atoms with van der Waals surface area (Å²) in [4.78, 5) is 13.6. The Balaban J connectivity index is 1.54. The van der Waals surface area contributed by atoms with Gasteiger partial charge in [0.15, 0.2) is 30.8 Å². The lowest BCUT2D eigenvalue weighted by Crippen LogP contribution is -2.67. The second-order valence-electron chi connectivity index (χ2n) is 13.1. The molecule has 4 aromatic carbocycles. The van der Waals surface area contributed by atoms with Gasteiger partial charge in [-0.1, -0.05) is 130 Å². The minimum atomic E-state index is -3.00. The first kappa shape index (κ1) is 33.3. The van der Waals surface area contributed by atoms with Crippen LogP contribution in [0.3, 0.4) is 0 Å². The second-order valence-corrected chi connectivity index (χ2v) is 17.4. The van der Waals surface area contributed by atoms with Crippen LogP contribution in [-0.4, -0.2) is 55.9 Å². The summed E-state index contributed by atoms with van der Waals surface area (Å²) in [6.07, 6.45) is -1.04. The second kappa shape index (κ2) is 14.1. The highest BCUT2D eigenvalue weighted by molar-refractivity contribution is 6.99. The number of hydroxylamine groups is 1. The van der Waals surface area contributed by atoms with Gasteiger partial charge in [0, 0.05) is 5.56 Å². The third-order valence-corrected chi connectivity index (χ3v) is 13.2. The first-order valence-electron chi connectivity index (χ1n) is 15.7. The van der Waals surface area contributed by atoms with Gasteiger partial charge in [-0.05, 0) is 41.4 Å². The molecule has 7 nitrogen and oxygen atoms in total. The first-order valence-corrected chi connectivity index (χ1v) is 17.6. The Labute approximate surface area is 273 Å². The maximum atomic E-state index is 13.6. The maximum Gasteiger partial charge on any atom is 0.338 e. The maximum absolute atomic E-state index is 13.6. The molecule has 4 aromatic rings. The molecule has 0 aromatic heterocycles. The van der Waals surface area contributed by atoms with E-state index in [0.717, 1.165) is 20.7 Å². The van der Waals surface area contributed by atoms with E-state index in [1.165, 1.54) is 6.21 Å². The van der Waals surface area contributed by atoms with Crippen molar-refractivity contribution in [1.82, 2.24) is 0 Å². The number of carbonyl (C=O) groups is 1. The Morgan fingerprint density at radius 2 is 1.35 bits per heavy atom. The molecule has 1 aliphatic rings. The smallest absolute Gasteiger partial charge is 0.338 e. The van der Waals surface area contributed by atoms with E-state index in [0.29, 0.717) is 5.56 Å². The van der Waals surface area contributed by atoms with Gasteiger partial charge in [0.1, 0.15) is 6.10 Å². The summed E-state index contributed by atoms with van der Waals surface area (Å²) in [7, 11) is -3.00. The summed E-state index contributed by atoms with van der Waals surface area (Å²) in [6.45, 7) is 10.3. The van der Waals surface area contributed by atoms with Gasteiger partial charge in [-0.15, -0.1) is 0 Å². The third-order valence-electron chi connectivity index (χ3n) is 8.17. The zero-order valence-corrected chi connectivity index (χ0v) is 28.2. The monoisotopic (exact) mass is 637 g/mol. The molecule has 0 bridgehead atoms. The van der Waals surface area contributed by atoms with E-state index < -0.39 is 38.4 Å². The van der Waals surface area contributed by atoms with Crippen LogP contribution in [0.2, 0.25) is 5.04 Å². The molecule has 0 radical (unpaired) electrons. The molecular formula is C38H43NO6Si. The van der Waals surface area contributed by atoms with Crippen LogP contribution in [0.4, 0.5) is 0 Å². The zero-order chi connectivity index (χ0) is 32.8. The van der Waals surface area contributed by atoms with Crippen molar-refractivity contribution in [2.24, 2.45) is 0 Å². The van der Waals surface area contributed by atoms with Crippen LogP contribution in [0.5, 0.6) is 0 Å². The van der Waals surface area contributed by atoms with Crippen molar-refractivity contribution in [2.45, 2.75) is 70.3 Å². The van der Waals surface area contributed by atoms with Gasteiger partial charge in [0.2, 0.25) is 0 Å². The van der Waals surface area contributed by atoms with E-state index >= 15 is 0 Å². The van der Waals surface area contributed by atoms with Crippen molar-refractivity contribution < 1.29 is 28.2 Å². The van der Waals surface area contributed by atoms with Crippen LogP contribution in [0.25, 0.3) is 0 Å². The van der Waals surface area contributed by atoms with Crippen LogP contribution in [0.15, 0.2) is 121 Å². The summed E-state index contributed by atoms with van der Waals surface area (Å²) < 4.78 is 27.0. The van der Waals surface area contributed by atoms with Crippen LogP contribution in [0, 0.1) is 5.21 Å². The molecule has 5 rings (SSSR count). The van der Waals surface area contributed by atoms with E-state index in [9.17, 15) is 10.0 Å². The van der Waals surface area contributed by atoms with Crippen LogP contribution >= 0.6 is 0 Å². The normalized spacial score (nSPS) is 19.0. The first-order chi connectivity index (χ1) is 22.0. The molecule has 0 saturated carbocycles. The summed E-state index contributed by atoms with van der Waals surface area (Å²) in [5.74, 6) is -1.54. The Kier molecular flexibility index (Phi) is 10.2. The number of ether oxygens (including phenoxy) is 3. The van der Waals surface area contributed by atoms with E-state index in [4.69, 9.17) is 18.6 Å². The Bertz CT molecular complexity index is 1550. The molecule has 0 spiro atoms. The molecule has 0 unspecified atom stereocenters. The largest absolute Gasteiger partial charge is 0.624 e. The minimum Gasteiger partial charge on any atom is -0.624 e. The lowest BCUT2D eigenvalue weighted by Gasteiger charge is -2.44. The minimum absolute atomic E-state index is 0.0256. The molecule has 8 heteroatoms. The lowest BCUT2D eigenvalue weighted by atomic mass is 10.1. The predicted octanol–water partition coefficient (Wildman–Crippen LogP) is 6.09. The SMILES string of the molecule is CC1(C)O[C@@H]([C@@H](CO[Si](c2ccccc2)(c2ccccc2)C(C)(C)C)OC(=O)c2ccccc2)[C@H](/C=[N+](/[O-])Cc2ccccc2)O1. The Morgan fingerprint density at radius 3 is 1.87 bits per heavy atom. The van der Waals surface area contributed by atoms with Gasteiger partial charge < -0.3 is 23.8 Å². The van der Waals surface area contributed by atoms with Gasteiger partial charge >= 0.3 is 5.97 Å². The van der Waals surface area contributed by atoms with Crippen LogP contribution in [0.1, 0.15) is 50.5 Å². The third kappa shape index (κ3) is 7.65. The molecule has 1 saturated heterocycles. The van der Waals surface area contributed by atoms with Crippen molar-refractivity contribution >= 4 is 30.9 Å². The number of rotatable bonds is 11. The molecule has 0 aliphatic carbocycles.